The van der Waals surface area contributed by atoms with E-state index in [1.54, 1.807) is 36.3 Å². The first-order valence-corrected chi connectivity index (χ1v) is 13.7. The van der Waals surface area contributed by atoms with Crippen molar-refractivity contribution in [3.63, 3.8) is 0 Å². The Kier molecular flexibility index (Phi) is 9.77. The number of nitrogens with one attached hydrogen (secondary N) is 2. The number of methoxy groups -OCH3 is 1. The summed E-state index contributed by atoms with van der Waals surface area (Å²) in [7, 11) is 1.55. The van der Waals surface area contributed by atoms with Crippen molar-refractivity contribution in [2.24, 2.45) is 5.92 Å². The summed E-state index contributed by atoms with van der Waals surface area (Å²) in [5, 5.41) is 3.88. The average Bonchev–Trinajstić information content (AvgIpc) is 3.38. The number of urea groups is 1. The van der Waals surface area contributed by atoms with Crippen molar-refractivity contribution in [2.45, 2.75) is 33.0 Å². The number of benzene rings is 3. The first-order valence-electron chi connectivity index (χ1n) is 13.7. The Hall–Kier alpha value is -4.47. The number of anilines is 1. The van der Waals surface area contributed by atoms with Crippen LogP contribution < -0.4 is 10.1 Å². The number of fused-ring (bicyclic) bond motifs is 1. The molecule has 0 spiro atoms. The number of hydrogen-bond acceptors (Lipinski definition) is 3. The van der Waals surface area contributed by atoms with Gasteiger partial charge in [-0.25, -0.2) is 4.79 Å². The molecule has 0 saturated heterocycles. The number of halogens is 3. The summed E-state index contributed by atoms with van der Waals surface area (Å²) in [6.45, 7) is 4.48. The SMILES string of the molecule is COc1ccc(NC(=O)N(CC(=O)N(CCc2c[nH]c3ccccc23)Cc2ccc(C(F)(F)F)cc2)CC(C)C)cc1. The van der Waals surface area contributed by atoms with E-state index in [9.17, 15) is 22.8 Å². The summed E-state index contributed by atoms with van der Waals surface area (Å²) in [6, 6.07) is 19.1. The zero-order chi connectivity index (χ0) is 30.3. The number of alkyl halides is 3. The summed E-state index contributed by atoms with van der Waals surface area (Å²) in [5.74, 6) is 0.436. The van der Waals surface area contributed by atoms with E-state index in [2.05, 4.69) is 10.3 Å². The summed E-state index contributed by atoms with van der Waals surface area (Å²) in [4.78, 5) is 33.3. The number of carbonyl (C=O) groups is 2. The molecule has 4 aromatic rings. The van der Waals surface area contributed by atoms with Crippen LogP contribution in [-0.2, 0) is 23.9 Å². The number of H-pyrrole nitrogens is 1. The number of para-hydroxylation sites is 1. The van der Waals surface area contributed by atoms with Gasteiger partial charge in [-0.2, -0.15) is 13.2 Å². The molecule has 0 fully saturated rings. The summed E-state index contributed by atoms with van der Waals surface area (Å²) >= 11 is 0. The lowest BCUT2D eigenvalue weighted by molar-refractivity contribution is -0.137. The second-order valence-electron chi connectivity index (χ2n) is 10.6. The van der Waals surface area contributed by atoms with E-state index in [1.807, 2.05) is 44.3 Å². The highest BCUT2D eigenvalue weighted by Gasteiger charge is 2.30. The van der Waals surface area contributed by atoms with Crippen molar-refractivity contribution < 1.29 is 27.5 Å². The number of nitrogens with zero attached hydrogens (tertiary/aromatic N) is 2. The molecule has 0 aliphatic rings. The average molecular weight is 581 g/mol. The molecule has 0 saturated carbocycles. The minimum absolute atomic E-state index is 0.0917. The van der Waals surface area contributed by atoms with Crippen molar-refractivity contribution >= 4 is 28.5 Å². The van der Waals surface area contributed by atoms with Crippen LogP contribution in [0.5, 0.6) is 5.75 Å². The fourth-order valence-corrected chi connectivity index (χ4v) is 4.71. The van der Waals surface area contributed by atoms with Crippen molar-refractivity contribution in [3.05, 3.63) is 95.7 Å². The summed E-state index contributed by atoms with van der Waals surface area (Å²) in [6.07, 6.45) is -2.02. The van der Waals surface area contributed by atoms with Gasteiger partial charge in [0.2, 0.25) is 5.91 Å². The Morgan fingerprint density at radius 2 is 1.64 bits per heavy atom. The lowest BCUT2D eigenvalue weighted by atomic mass is 10.1. The van der Waals surface area contributed by atoms with E-state index >= 15 is 0 Å². The van der Waals surface area contributed by atoms with Crippen LogP contribution in [0.1, 0.15) is 30.5 Å². The molecule has 3 amide bonds. The van der Waals surface area contributed by atoms with Crippen LogP contribution in [0.3, 0.4) is 0 Å². The van der Waals surface area contributed by atoms with Gasteiger partial charge in [0.15, 0.2) is 0 Å². The molecular weight excluding hydrogens is 545 g/mol. The van der Waals surface area contributed by atoms with Crippen LogP contribution in [0, 0.1) is 5.92 Å². The lowest BCUT2D eigenvalue weighted by Gasteiger charge is -2.29. The minimum Gasteiger partial charge on any atom is -0.497 e. The number of aromatic nitrogens is 1. The van der Waals surface area contributed by atoms with Gasteiger partial charge in [0, 0.05) is 42.4 Å². The Morgan fingerprint density at radius 1 is 0.952 bits per heavy atom. The predicted octanol–water partition coefficient (Wildman–Crippen LogP) is 6.96. The highest BCUT2D eigenvalue weighted by Crippen LogP contribution is 2.29. The van der Waals surface area contributed by atoms with Crippen LogP contribution in [0.25, 0.3) is 10.9 Å². The van der Waals surface area contributed by atoms with Crippen LogP contribution in [-0.4, -0.2) is 53.5 Å². The summed E-state index contributed by atoms with van der Waals surface area (Å²) in [5.41, 5.74) is 2.37. The Labute approximate surface area is 243 Å². The number of carbonyl (C=O) groups excluding carboxylic acids is 2. The Balaban J connectivity index is 1.53. The quantitative estimate of drug-likeness (QED) is 0.201. The van der Waals surface area contributed by atoms with E-state index < -0.39 is 17.8 Å². The van der Waals surface area contributed by atoms with E-state index in [0.717, 1.165) is 28.6 Å². The first-order chi connectivity index (χ1) is 20.0. The van der Waals surface area contributed by atoms with Gasteiger partial charge in [-0.3, -0.25) is 4.79 Å². The molecule has 222 valence electrons. The smallest absolute Gasteiger partial charge is 0.416 e. The zero-order valence-corrected chi connectivity index (χ0v) is 23.9. The third kappa shape index (κ3) is 8.05. The van der Waals surface area contributed by atoms with E-state index in [-0.39, 0.29) is 24.9 Å². The van der Waals surface area contributed by atoms with E-state index in [4.69, 9.17) is 4.74 Å². The molecule has 4 rings (SSSR count). The van der Waals surface area contributed by atoms with Crippen molar-refractivity contribution in [2.75, 3.05) is 32.1 Å². The van der Waals surface area contributed by atoms with E-state index in [1.165, 1.54) is 17.0 Å². The van der Waals surface area contributed by atoms with Crippen molar-refractivity contribution in [1.82, 2.24) is 14.8 Å². The normalized spacial score (nSPS) is 11.5. The molecule has 2 N–H and O–H groups in total. The predicted molar refractivity (Wildman–Crippen MR) is 157 cm³/mol. The molecule has 10 heteroatoms. The standard InChI is InChI=1S/C32H35F3N4O3/c1-22(2)19-39(31(41)37-26-12-14-27(42-3)15-13-26)21-30(40)38(20-23-8-10-25(11-9-23)32(33,34)35)17-16-24-18-36-29-7-5-4-6-28(24)29/h4-15,18,22,36H,16-17,19-21H2,1-3H3,(H,37,41). The number of hydrogen-bond donors (Lipinski definition) is 2. The molecule has 0 unspecified atom stereocenters. The van der Waals surface area contributed by atoms with Gasteiger partial charge in [-0.05, 0) is 65.9 Å². The molecule has 42 heavy (non-hydrogen) atoms. The number of aromatic amines is 1. The molecule has 1 heterocycles. The van der Waals surface area contributed by atoms with Crippen LogP contribution in [0.15, 0.2) is 79.0 Å². The van der Waals surface area contributed by atoms with Crippen LogP contribution in [0.4, 0.5) is 23.7 Å². The molecule has 0 atom stereocenters. The molecule has 0 bridgehead atoms. The third-order valence-electron chi connectivity index (χ3n) is 6.87. The van der Waals surface area contributed by atoms with Crippen LogP contribution >= 0.6 is 0 Å². The fraction of sp³-hybridized carbons (Fsp3) is 0.312. The van der Waals surface area contributed by atoms with Gasteiger partial charge in [0.05, 0.1) is 12.7 Å². The monoisotopic (exact) mass is 580 g/mol. The number of rotatable bonds is 11. The second kappa shape index (κ2) is 13.5. The molecule has 0 radical (unpaired) electrons. The molecular formula is C32H35F3N4O3. The lowest BCUT2D eigenvalue weighted by Crippen LogP contribution is -2.46. The van der Waals surface area contributed by atoms with Crippen molar-refractivity contribution in [3.8, 4) is 5.75 Å². The third-order valence-corrected chi connectivity index (χ3v) is 6.87. The van der Waals surface area contributed by atoms with Crippen molar-refractivity contribution in [1.29, 1.82) is 0 Å². The van der Waals surface area contributed by atoms with E-state index in [0.29, 0.717) is 36.5 Å². The Bertz CT molecular complexity index is 1480. The molecule has 3 aromatic carbocycles. The highest BCUT2D eigenvalue weighted by molar-refractivity contribution is 5.92. The maximum absolute atomic E-state index is 13.7. The fourth-order valence-electron chi connectivity index (χ4n) is 4.71. The summed E-state index contributed by atoms with van der Waals surface area (Å²) < 4.78 is 44.5. The second-order valence-corrected chi connectivity index (χ2v) is 10.6. The number of ether oxygens (including phenoxy) is 1. The zero-order valence-electron chi connectivity index (χ0n) is 23.9. The van der Waals surface area contributed by atoms with Gasteiger partial charge >= 0.3 is 12.2 Å². The maximum Gasteiger partial charge on any atom is 0.416 e. The minimum atomic E-state index is -4.45. The van der Waals surface area contributed by atoms with Gasteiger partial charge in [0.1, 0.15) is 12.3 Å². The molecule has 0 aliphatic carbocycles. The Morgan fingerprint density at radius 3 is 2.29 bits per heavy atom. The topological polar surface area (TPSA) is 77.7 Å². The van der Waals surface area contributed by atoms with Crippen LogP contribution in [0.2, 0.25) is 0 Å². The molecule has 1 aromatic heterocycles. The highest BCUT2D eigenvalue weighted by atomic mass is 19.4. The van der Waals surface area contributed by atoms with Gasteiger partial charge in [0.25, 0.3) is 0 Å². The molecule has 7 nitrogen and oxygen atoms in total. The maximum atomic E-state index is 13.7. The number of amides is 3. The first kappa shape index (κ1) is 30.5. The van der Waals surface area contributed by atoms with Gasteiger partial charge < -0.3 is 24.8 Å². The van der Waals surface area contributed by atoms with Gasteiger partial charge in [-0.15, -0.1) is 0 Å². The molecule has 0 aliphatic heterocycles. The largest absolute Gasteiger partial charge is 0.497 e. The van der Waals surface area contributed by atoms with Gasteiger partial charge in [-0.1, -0.05) is 44.2 Å².